The van der Waals surface area contributed by atoms with Crippen molar-refractivity contribution in [1.82, 2.24) is 25.4 Å². The van der Waals surface area contributed by atoms with E-state index >= 15 is 0 Å². The second-order valence-corrected chi connectivity index (χ2v) is 5.43. The molecular formula is C16H25IN6. The number of halogens is 1. The highest BCUT2D eigenvalue weighted by molar-refractivity contribution is 14.0. The number of aliphatic imine (C=N–C) groups is 1. The lowest BCUT2D eigenvalue weighted by atomic mass is 10.1. The number of nitrogens with one attached hydrogen (secondary N) is 2. The molecule has 1 aromatic heterocycles. The van der Waals surface area contributed by atoms with Crippen LogP contribution < -0.4 is 10.6 Å². The molecule has 0 saturated carbocycles. The van der Waals surface area contributed by atoms with Crippen LogP contribution in [-0.2, 0) is 20.1 Å². The Morgan fingerprint density at radius 3 is 2.39 bits per heavy atom. The number of benzene rings is 1. The van der Waals surface area contributed by atoms with Crippen LogP contribution in [0.2, 0.25) is 0 Å². The summed E-state index contributed by atoms with van der Waals surface area (Å²) in [4.78, 5) is 4.24. The van der Waals surface area contributed by atoms with Crippen molar-refractivity contribution in [2.24, 2.45) is 12.0 Å². The molecule has 0 unspecified atom stereocenters. The lowest BCUT2D eigenvalue weighted by Crippen LogP contribution is -2.37. The van der Waals surface area contributed by atoms with Gasteiger partial charge in [0.2, 0.25) is 0 Å². The molecule has 126 valence electrons. The van der Waals surface area contributed by atoms with E-state index in [-0.39, 0.29) is 24.0 Å². The zero-order chi connectivity index (χ0) is 16.1. The fraction of sp³-hybridized carbons (Fsp3) is 0.438. The van der Waals surface area contributed by atoms with Gasteiger partial charge in [-0.3, -0.25) is 4.99 Å². The first-order chi connectivity index (χ1) is 10.5. The Morgan fingerprint density at radius 1 is 1.13 bits per heavy atom. The molecule has 0 saturated heterocycles. The largest absolute Gasteiger partial charge is 0.352 e. The molecule has 0 aliphatic carbocycles. The third-order valence-electron chi connectivity index (χ3n) is 3.76. The van der Waals surface area contributed by atoms with Crippen molar-refractivity contribution in [3.8, 4) is 0 Å². The number of aromatic nitrogens is 3. The van der Waals surface area contributed by atoms with E-state index in [4.69, 9.17) is 0 Å². The van der Waals surface area contributed by atoms with Gasteiger partial charge in [0.1, 0.15) is 5.82 Å². The SMILES string of the molecule is CN=C(NCc1ccc(C)cc1C)NCc1nnc(C)n1C.I. The number of guanidine groups is 1. The van der Waals surface area contributed by atoms with Crippen molar-refractivity contribution in [1.29, 1.82) is 0 Å². The Labute approximate surface area is 154 Å². The standard InChI is InChI=1S/C16H24N6.HI/c1-11-6-7-14(12(2)8-11)9-18-16(17-4)19-10-15-21-20-13(3)22(15)5;/h6-8H,9-10H2,1-5H3,(H2,17,18,19);1H. The van der Waals surface area contributed by atoms with Gasteiger partial charge in [-0.2, -0.15) is 0 Å². The van der Waals surface area contributed by atoms with Gasteiger partial charge in [-0.1, -0.05) is 23.8 Å². The summed E-state index contributed by atoms with van der Waals surface area (Å²) >= 11 is 0. The van der Waals surface area contributed by atoms with Crippen LogP contribution in [0.1, 0.15) is 28.3 Å². The second-order valence-electron chi connectivity index (χ2n) is 5.43. The number of nitrogens with zero attached hydrogens (tertiary/aromatic N) is 4. The number of hydrogen-bond acceptors (Lipinski definition) is 3. The highest BCUT2D eigenvalue weighted by atomic mass is 127. The molecule has 0 aliphatic rings. The summed E-state index contributed by atoms with van der Waals surface area (Å²) in [5, 5.41) is 14.8. The molecule has 0 amide bonds. The second kappa shape index (κ2) is 8.85. The summed E-state index contributed by atoms with van der Waals surface area (Å²) in [5.41, 5.74) is 3.83. The van der Waals surface area contributed by atoms with Crippen LogP contribution >= 0.6 is 24.0 Å². The van der Waals surface area contributed by atoms with E-state index in [0.29, 0.717) is 6.54 Å². The quantitative estimate of drug-likeness (QED) is 0.445. The minimum Gasteiger partial charge on any atom is -0.352 e. The van der Waals surface area contributed by atoms with Crippen LogP contribution in [0.25, 0.3) is 0 Å². The van der Waals surface area contributed by atoms with Gasteiger partial charge >= 0.3 is 0 Å². The Kier molecular flexibility index (Phi) is 7.47. The Hall–Kier alpha value is -1.64. The maximum absolute atomic E-state index is 4.24. The Balaban J connectivity index is 0.00000264. The van der Waals surface area contributed by atoms with Crippen molar-refractivity contribution in [3.63, 3.8) is 0 Å². The lowest BCUT2D eigenvalue weighted by molar-refractivity contribution is 0.717. The van der Waals surface area contributed by atoms with E-state index in [2.05, 4.69) is 57.9 Å². The number of rotatable bonds is 4. The fourth-order valence-corrected chi connectivity index (χ4v) is 2.21. The molecule has 6 nitrogen and oxygen atoms in total. The average Bonchev–Trinajstić information content (AvgIpc) is 2.81. The van der Waals surface area contributed by atoms with Gasteiger partial charge in [0.25, 0.3) is 0 Å². The summed E-state index contributed by atoms with van der Waals surface area (Å²) in [6.45, 7) is 7.49. The minimum absolute atomic E-state index is 0. The smallest absolute Gasteiger partial charge is 0.191 e. The molecule has 0 fully saturated rings. The van der Waals surface area contributed by atoms with Crippen LogP contribution in [-0.4, -0.2) is 27.8 Å². The van der Waals surface area contributed by atoms with E-state index in [1.807, 2.05) is 18.5 Å². The van der Waals surface area contributed by atoms with Gasteiger partial charge in [-0.05, 0) is 31.9 Å². The monoisotopic (exact) mass is 428 g/mol. The first kappa shape index (κ1) is 19.4. The van der Waals surface area contributed by atoms with Gasteiger partial charge in [0.15, 0.2) is 11.8 Å². The fourth-order valence-electron chi connectivity index (χ4n) is 2.21. The molecule has 0 aliphatic heterocycles. The molecule has 0 spiro atoms. The third-order valence-corrected chi connectivity index (χ3v) is 3.76. The van der Waals surface area contributed by atoms with E-state index in [0.717, 1.165) is 24.2 Å². The first-order valence-corrected chi connectivity index (χ1v) is 7.36. The van der Waals surface area contributed by atoms with E-state index < -0.39 is 0 Å². The molecule has 2 aromatic rings. The van der Waals surface area contributed by atoms with Gasteiger partial charge in [-0.25, -0.2) is 0 Å². The Morgan fingerprint density at radius 2 is 1.83 bits per heavy atom. The predicted molar refractivity (Wildman–Crippen MR) is 104 cm³/mol. The van der Waals surface area contributed by atoms with Crippen LogP contribution in [0.4, 0.5) is 0 Å². The topological polar surface area (TPSA) is 67.1 Å². The maximum atomic E-state index is 4.24. The highest BCUT2D eigenvalue weighted by Gasteiger charge is 2.06. The predicted octanol–water partition coefficient (Wildman–Crippen LogP) is 2.22. The van der Waals surface area contributed by atoms with E-state index in [1.54, 1.807) is 7.05 Å². The van der Waals surface area contributed by atoms with Gasteiger partial charge < -0.3 is 15.2 Å². The molecule has 1 aromatic carbocycles. The minimum atomic E-state index is 0. The van der Waals surface area contributed by atoms with Gasteiger partial charge in [0.05, 0.1) is 6.54 Å². The number of aryl methyl sites for hydroxylation is 3. The van der Waals surface area contributed by atoms with Gasteiger partial charge in [-0.15, -0.1) is 34.2 Å². The van der Waals surface area contributed by atoms with Crippen molar-refractivity contribution >= 4 is 29.9 Å². The van der Waals surface area contributed by atoms with Crippen LogP contribution in [0.5, 0.6) is 0 Å². The van der Waals surface area contributed by atoms with E-state index in [1.165, 1.54) is 16.7 Å². The zero-order valence-electron chi connectivity index (χ0n) is 14.3. The first-order valence-electron chi connectivity index (χ1n) is 7.36. The summed E-state index contributed by atoms with van der Waals surface area (Å²) in [5.74, 6) is 2.53. The molecule has 0 radical (unpaired) electrons. The summed E-state index contributed by atoms with van der Waals surface area (Å²) in [6, 6.07) is 6.47. The van der Waals surface area contributed by atoms with Crippen molar-refractivity contribution in [2.45, 2.75) is 33.9 Å². The van der Waals surface area contributed by atoms with Crippen molar-refractivity contribution in [3.05, 3.63) is 46.5 Å². The van der Waals surface area contributed by atoms with E-state index in [9.17, 15) is 0 Å². The molecule has 7 heteroatoms. The van der Waals surface area contributed by atoms with Crippen LogP contribution in [0.15, 0.2) is 23.2 Å². The molecule has 0 atom stereocenters. The Bertz CT molecular complexity index is 677. The van der Waals surface area contributed by atoms with Crippen molar-refractivity contribution in [2.75, 3.05) is 7.05 Å². The van der Waals surface area contributed by atoms with Crippen LogP contribution in [0, 0.1) is 20.8 Å². The molecule has 23 heavy (non-hydrogen) atoms. The molecule has 0 bridgehead atoms. The summed E-state index contributed by atoms with van der Waals surface area (Å²) in [6.07, 6.45) is 0. The van der Waals surface area contributed by atoms with Crippen LogP contribution in [0.3, 0.4) is 0 Å². The molecule has 1 heterocycles. The molecule has 2 rings (SSSR count). The summed E-state index contributed by atoms with van der Waals surface area (Å²) in [7, 11) is 3.72. The zero-order valence-corrected chi connectivity index (χ0v) is 16.7. The normalized spacial score (nSPS) is 11.1. The number of hydrogen-bond donors (Lipinski definition) is 2. The highest BCUT2D eigenvalue weighted by Crippen LogP contribution is 2.09. The van der Waals surface area contributed by atoms with Gasteiger partial charge in [0, 0.05) is 20.6 Å². The maximum Gasteiger partial charge on any atom is 0.191 e. The molecular weight excluding hydrogens is 403 g/mol. The third kappa shape index (κ3) is 5.19. The lowest BCUT2D eigenvalue weighted by Gasteiger charge is -2.13. The summed E-state index contributed by atoms with van der Waals surface area (Å²) < 4.78 is 1.96. The molecule has 2 N–H and O–H groups in total. The van der Waals surface area contributed by atoms with Crippen molar-refractivity contribution < 1.29 is 0 Å². The average molecular weight is 428 g/mol.